The maximum Gasteiger partial charge on any atom is 0.475 e. The maximum absolute atomic E-state index is 13.5. The zero-order valence-electron chi connectivity index (χ0n) is 20.9. The first-order valence-corrected chi connectivity index (χ1v) is 12.3. The minimum Gasteiger partial charge on any atom is -0.426 e. The highest BCUT2D eigenvalue weighted by molar-refractivity contribution is 6.43. The molecule has 0 aliphatic carbocycles. The molecule has 10 heteroatoms. The molecule has 2 aromatic carbocycles. The topological polar surface area (TPSA) is 133 Å². The fourth-order valence-corrected chi connectivity index (χ4v) is 4.51. The molecule has 1 aliphatic rings. The Balaban J connectivity index is 1.48. The molecule has 0 bridgehead atoms. The third-order valence-corrected chi connectivity index (χ3v) is 6.33. The summed E-state index contributed by atoms with van der Waals surface area (Å²) < 4.78 is 0. The van der Waals surface area contributed by atoms with E-state index in [1.165, 1.54) is 0 Å². The SMILES string of the molecule is CC(C)CC(NC(=O)C1(Cc2ccccc2)CC(CNC(=O)c2cccc3ncccc23)=NO1)B(O)O. The molecular formula is C27H31BN4O5. The fourth-order valence-electron chi connectivity index (χ4n) is 4.51. The molecule has 4 rings (SSSR count). The number of fused-ring (bicyclic) bond motifs is 1. The largest absolute Gasteiger partial charge is 0.475 e. The molecule has 0 saturated carbocycles. The molecule has 2 amide bonds. The Morgan fingerprint density at radius 1 is 1.08 bits per heavy atom. The van der Waals surface area contributed by atoms with E-state index in [1.807, 2.05) is 56.3 Å². The van der Waals surface area contributed by atoms with Crippen LogP contribution in [0.15, 0.2) is 72.0 Å². The Labute approximate surface area is 216 Å². The Morgan fingerprint density at radius 3 is 2.59 bits per heavy atom. The van der Waals surface area contributed by atoms with Gasteiger partial charge in [0.05, 0.1) is 23.7 Å². The van der Waals surface area contributed by atoms with Gasteiger partial charge < -0.3 is 25.5 Å². The smallest absolute Gasteiger partial charge is 0.426 e. The van der Waals surface area contributed by atoms with E-state index in [-0.39, 0.29) is 31.2 Å². The summed E-state index contributed by atoms with van der Waals surface area (Å²) >= 11 is 0. The monoisotopic (exact) mass is 502 g/mol. The molecule has 3 aromatic rings. The van der Waals surface area contributed by atoms with E-state index in [2.05, 4.69) is 20.8 Å². The molecule has 1 aromatic heterocycles. The van der Waals surface area contributed by atoms with Crippen molar-refractivity contribution >= 4 is 35.5 Å². The molecule has 4 N–H and O–H groups in total. The van der Waals surface area contributed by atoms with E-state index in [1.54, 1.807) is 24.4 Å². The van der Waals surface area contributed by atoms with Crippen LogP contribution in [0.2, 0.25) is 0 Å². The second-order valence-electron chi connectivity index (χ2n) is 9.76. The van der Waals surface area contributed by atoms with Gasteiger partial charge in [0, 0.05) is 30.0 Å². The minimum atomic E-state index is -1.71. The van der Waals surface area contributed by atoms with Crippen molar-refractivity contribution in [1.82, 2.24) is 15.6 Å². The van der Waals surface area contributed by atoms with Crippen LogP contribution in [0.25, 0.3) is 10.9 Å². The number of rotatable bonds is 10. The number of carbonyl (C=O) groups excluding carboxylic acids is 2. The molecule has 2 unspecified atom stereocenters. The minimum absolute atomic E-state index is 0.0946. The Hall–Kier alpha value is -3.76. The number of hydrogen-bond donors (Lipinski definition) is 4. The lowest BCUT2D eigenvalue weighted by molar-refractivity contribution is -0.144. The van der Waals surface area contributed by atoms with Crippen LogP contribution in [-0.4, -0.2) is 57.8 Å². The van der Waals surface area contributed by atoms with Gasteiger partial charge in [0.1, 0.15) is 0 Å². The number of nitrogens with zero attached hydrogens (tertiary/aromatic N) is 2. The van der Waals surface area contributed by atoms with Gasteiger partial charge in [0.25, 0.3) is 11.8 Å². The zero-order chi connectivity index (χ0) is 26.4. The molecule has 1 aliphatic heterocycles. The summed E-state index contributed by atoms with van der Waals surface area (Å²) in [5.41, 5.74) is 1.20. The zero-order valence-corrected chi connectivity index (χ0v) is 20.9. The van der Waals surface area contributed by atoms with Gasteiger partial charge in [0.2, 0.25) is 5.60 Å². The van der Waals surface area contributed by atoms with Crippen molar-refractivity contribution in [2.24, 2.45) is 11.1 Å². The molecule has 2 heterocycles. The number of benzene rings is 2. The molecule has 9 nitrogen and oxygen atoms in total. The number of carbonyl (C=O) groups is 2. The third kappa shape index (κ3) is 6.33. The molecular weight excluding hydrogens is 471 g/mol. The van der Waals surface area contributed by atoms with E-state index in [0.717, 1.165) is 16.5 Å². The Bertz CT molecular complexity index is 1280. The van der Waals surface area contributed by atoms with Crippen LogP contribution in [0.4, 0.5) is 0 Å². The van der Waals surface area contributed by atoms with Crippen molar-refractivity contribution in [3.8, 4) is 0 Å². The highest BCUT2D eigenvalue weighted by atomic mass is 16.7. The van der Waals surface area contributed by atoms with Crippen molar-refractivity contribution in [3.05, 3.63) is 78.0 Å². The molecule has 0 spiro atoms. The standard InChI is InChI=1S/C27H31BN4O5/c1-18(2)14-24(28(35)36)31-26(34)27(15-19-8-4-3-5-9-19)16-20(32-37-27)17-30-25(33)22-10-6-12-23-21(22)11-7-13-29-23/h3-13,18,24,35-36H,14-17H2,1-2H3,(H,30,33)(H,31,34). The van der Waals surface area contributed by atoms with Crippen molar-refractivity contribution in [2.75, 3.05) is 6.54 Å². The highest BCUT2D eigenvalue weighted by Crippen LogP contribution is 2.29. The number of aromatic nitrogens is 1. The summed E-state index contributed by atoms with van der Waals surface area (Å²) in [5, 5.41) is 30.2. The second-order valence-corrected chi connectivity index (χ2v) is 9.76. The lowest BCUT2D eigenvalue weighted by Gasteiger charge is -2.29. The van der Waals surface area contributed by atoms with Gasteiger partial charge in [-0.3, -0.25) is 14.6 Å². The fraction of sp³-hybridized carbons (Fsp3) is 0.333. The number of pyridine rings is 1. The average molecular weight is 502 g/mol. The molecule has 0 saturated heterocycles. The van der Waals surface area contributed by atoms with Crippen molar-refractivity contribution in [3.63, 3.8) is 0 Å². The van der Waals surface area contributed by atoms with Crippen LogP contribution in [0.1, 0.15) is 42.6 Å². The first-order chi connectivity index (χ1) is 17.8. The summed E-state index contributed by atoms with van der Waals surface area (Å²) in [6, 6.07) is 18.4. The molecule has 37 heavy (non-hydrogen) atoms. The van der Waals surface area contributed by atoms with Crippen LogP contribution < -0.4 is 10.6 Å². The van der Waals surface area contributed by atoms with Crippen LogP contribution in [0.3, 0.4) is 0 Å². The summed E-state index contributed by atoms with van der Waals surface area (Å²) in [6.07, 6.45) is 2.43. The van der Waals surface area contributed by atoms with Gasteiger partial charge >= 0.3 is 7.12 Å². The predicted octanol–water partition coefficient (Wildman–Crippen LogP) is 2.27. The van der Waals surface area contributed by atoms with E-state index >= 15 is 0 Å². The second kappa shape index (κ2) is 11.5. The number of amides is 2. The maximum atomic E-state index is 13.5. The summed E-state index contributed by atoms with van der Waals surface area (Å²) in [6.45, 7) is 3.96. The van der Waals surface area contributed by atoms with Crippen LogP contribution >= 0.6 is 0 Å². The summed E-state index contributed by atoms with van der Waals surface area (Å²) in [4.78, 5) is 36.5. The average Bonchev–Trinajstić information content (AvgIpc) is 3.30. The predicted molar refractivity (Wildman–Crippen MR) is 142 cm³/mol. The summed E-state index contributed by atoms with van der Waals surface area (Å²) in [7, 11) is -1.71. The van der Waals surface area contributed by atoms with Gasteiger partial charge in [-0.15, -0.1) is 0 Å². The van der Waals surface area contributed by atoms with Crippen LogP contribution in [-0.2, 0) is 16.1 Å². The Morgan fingerprint density at radius 2 is 1.86 bits per heavy atom. The van der Waals surface area contributed by atoms with Crippen molar-refractivity contribution < 1.29 is 24.5 Å². The van der Waals surface area contributed by atoms with Gasteiger partial charge in [-0.05, 0) is 36.1 Å². The lowest BCUT2D eigenvalue weighted by atomic mass is 9.74. The summed E-state index contributed by atoms with van der Waals surface area (Å²) in [5.74, 6) is -1.49. The van der Waals surface area contributed by atoms with E-state index < -0.39 is 24.6 Å². The van der Waals surface area contributed by atoms with Gasteiger partial charge in [0.15, 0.2) is 0 Å². The number of hydrogen-bond acceptors (Lipinski definition) is 7. The first-order valence-electron chi connectivity index (χ1n) is 12.3. The van der Waals surface area contributed by atoms with Crippen molar-refractivity contribution in [1.29, 1.82) is 0 Å². The Kier molecular flexibility index (Phi) is 8.20. The van der Waals surface area contributed by atoms with Gasteiger partial charge in [-0.25, -0.2) is 0 Å². The lowest BCUT2D eigenvalue weighted by Crippen LogP contribution is -2.56. The molecule has 0 radical (unpaired) electrons. The van der Waals surface area contributed by atoms with E-state index in [9.17, 15) is 19.6 Å². The normalized spacial score (nSPS) is 17.7. The first kappa shape index (κ1) is 26.3. The number of oxime groups is 1. The third-order valence-electron chi connectivity index (χ3n) is 6.33. The number of nitrogens with one attached hydrogen (secondary N) is 2. The van der Waals surface area contributed by atoms with Crippen molar-refractivity contribution in [2.45, 2.75) is 44.7 Å². The highest BCUT2D eigenvalue weighted by Gasteiger charge is 2.48. The van der Waals surface area contributed by atoms with Crippen LogP contribution in [0, 0.1) is 5.92 Å². The molecule has 2 atom stereocenters. The van der Waals surface area contributed by atoms with Crippen LogP contribution in [0.5, 0.6) is 0 Å². The van der Waals surface area contributed by atoms with Gasteiger partial charge in [-0.1, -0.05) is 61.5 Å². The van der Waals surface area contributed by atoms with Gasteiger partial charge in [-0.2, -0.15) is 0 Å². The quantitative estimate of drug-likeness (QED) is 0.315. The molecule has 192 valence electrons. The molecule has 0 fully saturated rings. The van der Waals surface area contributed by atoms with E-state index in [4.69, 9.17) is 4.84 Å². The van der Waals surface area contributed by atoms with E-state index in [0.29, 0.717) is 17.7 Å².